The van der Waals surface area contributed by atoms with Gasteiger partial charge in [-0.3, -0.25) is 0 Å². The Labute approximate surface area is 256 Å². The first kappa shape index (κ1) is 34.3. The lowest BCUT2D eigenvalue weighted by Gasteiger charge is -2.46. The van der Waals surface area contributed by atoms with Gasteiger partial charge < -0.3 is 74.7 Å². The third-order valence-electron chi connectivity index (χ3n) is 7.30. The zero-order valence-electron chi connectivity index (χ0n) is 23.6. The van der Waals surface area contributed by atoms with E-state index in [1.165, 1.54) is 42.5 Å². The van der Waals surface area contributed by atoms with Crippen LogP contribution in [0.25, 0.3) is 6.08 Å². The Kier molecular flexibility index (Phi) is 11.6. The highest BCUT2D eigenvalue weighted by molar-refractivity contribution is 5.87. The van der Waals surface area contributed by atoms with Gasteiger partial charge in [-0.15, -0.1) is 0 Å². The SMILES string of the molecule is O=C(C=Cc1ccc(O)c(O)c1)OC[C@H]1O[C@H](OCCc2ccc(O)c(O)c2)[C@H](O)[C@@H](O[C@H]2O[C@@H](CO)[C@H](O)[C@H](O)[C@@H]2O)[C@H]1O. The van der Waals surface area contributed by atoms with Crippen molar-refractivity contribution in [3.05, 3.63) is 53.6 Å². The molecule has 16 nitrogen and oxygen atoms in total. The van der Waals surface area contributed by atoms with E-state index in [9.17, 15) is 55.9 Å². The van der Waals surface area contributed by atoms with Crippen LogP contribution in [0.15, 0.2) is 42.5 Å². The van der Waals surface area contributed by atoms with E-state index >= 15 is 0 Å². The van der Waals surface area contributed by atoms with Gasteiger partial charge in [-0.25, -0.2) is 4.79 Å². The normalized spacial score (nSPS) is 32.0. The van der Waals surface area contributed by atoms with Gasteiger partial charge in [0, 0.05) is 6.08 Å². The second-order valence-electron chi connectivity index (χ2n) is 10.5. The van der Waals surface area contributed by atoms with Gasteiger partial charge in [0.15, 0.2) is 35.6 Å². The zero-order chi connectivity index (χ0) is 32.8. The fourth-order valence-corrected chi connectivity index (χ4v) is 4.71. The molecule has 10 N–H and O–H groups in total. The van der Waals surface area contributed by atoms with Crippen LogP contribution in [0.3, 0.4) is 0 Å². The molecule has 248 valence electrons. The molecule has 2 aliphatic heterocycles. The van der Waals surface area contributed by atoms with Crippen molar-refractivity contribution in [1.82, 2.24) is 0 Å². The average Bonchev–Trinajstić information content (AvgIpc) is 3.01. The summed E-state index contributed by atoms with van der Waals surface area (Å²) in [4.78, 5) is 12.4. The molecule has 2 fully saturated rings. The summed E-state index contributed by atoms with van der Waals surface area (Å²) in [7, 11) is 0. The van der Waals surface area contributed by atoms with Crippen molar-refractivity contribution >= 4 is 12.0 Å². The molecule has 2 heterocycles. The van der Waals surface area contributed by atoms with Crippen molar-refractivity contribution in [2.24, 2.45) is 0 Å². The van der Waals surface area contributed by atoms with Crippen molar-refractivity contribution in [2.45, 2.75) is 67.8 Å². The van der Waals surface area contributed by atoms with Crippen molar-refractivity contribution < 1.29 is 79.5 Å². The van der Waals surface area contributed by atoms with Gasteiger partial charge in [-0.1, -0.05) is 12.1 Å². The highest BCUT2D eigenvalue weighted by atomic mass is 16.7. The summed E-state index contributed by atoms with van der Waals surface area (Å²) >= 11 is 0. The number of esters is 1. The first-order chi connectivity index (χ1) is 21.4. The zero-order valence-corrected chi connectivity index (χ0v) is 23.6. The first-order valence-corrected chi connectivity index (χ1v) is 13.9. The van der Waals surface area contributed by atoms with Gasteiger partial charge >= 0.3 is 5.97 Å². The summed E-state index contributed by atoms with van der Waals surface area (Å²) in [6, 6.07) is 7.97. The Hall–Kier alpha value is -3.55. The van der Waals surface area contributed by atoms with Crippen molar-refractivity contribution in [3.8, 4) is 23.0 Å². The fraction of sp³-hybridized carbons (Fsp3) is 0.483. The largest absolute Gasteiger partial charge is 0.504 e. The van der Waals surface area contributed by atoms with E-state index in [2.05, 4.69) is 0 Å². The van der Waals surface area contributed by atoms with Crippen molar-refractivity contribution in [1.29, 1.82) is 0 Å². The third-order valence-corrected chi connectivity index (χ3v) is 7.30. The Bertz CT molecular complexity index is 1320. The molecule has 2 aliphatic rings. The fourth-order valence-electron chi connectivity index (χ4n) is 4.71. The summed E-state index contributed by atoms with van der Waals surface area (Å²) in [5, 5.41) is 100. The lowest BCUT2D eigenvalue weighted by molar-refractivity contribution is -0.360. The van der Waals surface area contributed by atoms with Crippen molar-refractivity contribution in [3.63, 3.8) is 0 Å². The minimum absolute atomic E-state index is 0.108. The van der Waals surface area contributed by atoms with E-state index in [0.29, 0.717) is 11.1 Å². The second-order valence-corrected chi connectivity index (χ2v) is 10.5. The Morgan fingerprint density at radius 1 is 0.756 bits per heavy atom. The Balaban J connectivity index is 1.45. The maximum atomic E-state index is 12.4. The minimum atomic E-state index is -1.85. The number of rotatable bonds is 11. The molecule has 2 aromatic rings. The van der Waals surface area contributed by atoms with Crippen LogP contribution in [-0.4, -0.2) is 138 Å². The third kappa shape index (κ3) is 8.39. The van der Waals surface area contributed by atoms with E-state index in [0.717, 1.165) is 6.08 Å². The number of phenols is 4. The van der Waals surface area contributed by atoms with Crippen LogP contribution in [0, 0.1) is 0 Å². The molecule has 45 heavy (non-hydrogen) atoms. The number of aromatic hydroxyl groups is 4. The number of hydrogen-bond donors (Lipinski definition) is 10. The quantitative estimate of drug-likeness (QED) is 0.0720. The molecule has 10 atom stereocenters. The summed E-state index contributed by atoms with van der Waals surface area (Å²) in [6.07, 6.45) is -13.9. The number of benzene rings is 2. The lowest BCUT2D eigenvalue weighted by atomic mass is 9.97. The molecule has 0 radical (unpaired) electrons. The summed E-state index contributed by atoms with van der Waals surface area (Å²) < 4.78 is 27.5. The smallest absolute Gasteiger partial charge is 0.330 e. The van der Waals surface area contributed by atoms with Crippen molar-refractivity contribution in [2.75, 3.05) is 19.8 Å². The number of hydrogen-bond acceptors (Lipinski definition) is 16. The number of aliphatic hydroxyl groups is 6. The van der Waals surface area contributed by atoms with Crippen LogP contribution >= 0.6 is 0 Å². The maximum absolute atomic E-state index is 12.4. The monoisotopic (exact) mass is 640 g/mol. The van der Waals surface area contributed by atoms with Crippen LogP contribution in [-0.2, 0) is 34.9 Å². The topological polar surface area (TPSA) is 266 Å². The highest BCUT2D eigenvalue weighted by Gasteiger charge is 2.51. The predicted molar refractivity (Wildman–Crippen MR) is 149 cm³/mol. The van der Waals surface area contributed by atoms with Crippen LogP contribution in [0.4, 0.5) is 0 Å². The summed E-state index contributed by atoms with van der Waals surface area (Å²) in [6.45, 7) is -1.44. The first-order valence-electron chi connectivity index (χ1n) is 13.9. The number of carbonyl (C=O) groups excluding carboxylic acids is 1. The Morgan fingerprint density at radius 2 is 1.42 bits per heavy atom. The lowest BCUT2D eigenvalue weighted by Crippen LogP contribution is -2.65. The molecule has 4 rings (SSSR count). The molecule has 2 saturated heterocycles. The number of carbonyl (C=O) groups is 1. The van der Waals surface area contributed by atoms with E-state index in [1.807, 2.05) is 0 Å². The van der Waals surface area contributed by atoms with Gasteiger partial charge in [-0.05, 0) is 47.9 Å². The van der Waals surface area contributed by atoms with Crippen LogP contribution in [0.1, 0.15) is 11.1 Å². The van der Waals surface area contributed by atoms with Gasteiger partial charge in [-0.2, -0.15) is 0 Å². The standard InChI is InChI=1S/C29H36O16/c30-11-19-22(36)24(38)25(39)29(43-19)45-27-23(37)20(12-42-21(35)6-3-13-1-4-15(31)17(33)9-13)44-28(26(27)40)41-8-7-14-2-5-16(32)18(34)10-14/h1-6,9-10,19-20,22-34,36-40H,7-8,11-12H2/t19-,20+,22-,23-,24-,25-,26+,27-,28-,29+/m0/s1. The van der Waals surface area contributed by atoms with Gasteiger partial charge in [0.2, 0.25) is 0 Å². The molecule has 16 heteroatoms. The number of phenolic OH excluding ortho intramolecular Hbond substituents is 4. The summed E-state index contributed by atoms with van der Waals surface area (Å²) in [5.41, 5.74) is 0.923. The molecule has 0 spiro atoms. The number of ether oxygens (including phenoxy) is 5. The minimum Gasteiger partial charge on any atom is -0.504 e. The van der Waals surface area contributed by atoms with E-state index in [1.54, 1.807) is 0 Å². The van der Waals surface area contributed by atoms with E-state index in [4.69, 9.17) is 23.7 Å². The van der Waals surface area contributed by atoms with Crippen LogP contribution in [0.5, 0.6) is 23.0 Å². The van der Waals surface area contributed by atoms with Gasteiger partial charge in [0.1, 0.15) is 55.4 Å². The molecule has 0 amide bonds. The highest BCUT2D eigenvalue weighted by Crippen LogP contribution is 2.31. The van der Waals surface area contributed by atoms with E-state index < -0.39 is 86.3 Å². The average molecular weight is 641 g/mol. The molecular weight excluding hydrogens is 604 g/mol. The van der Waals surface area contributed by atoms with Gasteiger partial charge in [0.05, 0.1) is 13.2 Å². The molecule has 0 bridgehead atoms. The molecule has 2 aromatic carbocycles. The molecular formula is C29H36O16. The maximum Gasteiger partial charge on any atom is 0.330 e. The molecule has 0 aliphatic carbocycles. The van der Waals surface area contributed by atoms with Crippen LogP contribution in [0.2, 0.25) is 0 Å². The summed E-state index contributed by atoms with van der Waals surface area (Å²) in [5.74, 6) is -2.31. The Morgan fingerprint density at radius 3 is 2.09 bits per heavy atom. The predicted octanol–water partition coefficient (Wildman–Crippen LogP) is -2.04. The molecule has 0 aromatic heterocycles. The number of aliphatic hydroxyl groups excluding tert-OH is 6. The molecule has 0 saturated carbocycles. The second kappa shape index (κ2) is 15.2. The van der Waals surface area contributed by atoms with Crippen LogP contribution < -0.4 is 0 Å². The molecule has 0 unspecified atom stereocenters. The van der Waals surface area contributed by atoms with E-state index in [-0.39, 0.29) is 30.3 Å². The van der Waals surface area contributed by atoms with Gasteiger partial charge in [0.25, 0.3) is 0 Å².